The lowest BCUT2D eigenvalue weighted by Gasteiger charge is -2.10. The summed E-state index contributed by atoms with van der Waals surface area (Å²) in [5, 5.41) is 1.82. The third-order valence-electron chi connectivity index (χ3n) is 4.16. The Morgan fingerprint density at radius 3 is 2.44 bits per heavy atom. The molecule has 0 amide bonds. The van der Waals surface area contributed by atoms with Gasteiger partial charge in [0, 0.05) is 35.3 Å². The van der Waals surface area contributed by atoms with Gasteiger partial charge in [-0.3, -0.25) is 0 Å². The molecule has 0 aliphatic rings. The molecule has 0 aliphatic carbocycles. The largest absolute Gasteiger partial charge is 0.497 e. The fourth-order valence-corrected chi connectivity index (χ4v) is 2.95. The van der Waals surface area contributed by atoms with E-state index in [1.807, 2.05) is 36.4 Å². The van der Waals surface area contributed by atoms with Gasteiger partial charge in [0.05, 0.1) is 26.3 Å². The predicted molar refractivity (Wildman–Crippen MR) is 101 cm³/mol. The van der Waals surface area contributed by atoms with Gasteiger partial charge in [-0.1, -0.05) is 11.6 Å². The highest BCUT2D eigenvalue weighted by molar-refractivity contribution is 6.30. The van der Waals surface area contributed by atoms with Gasteiger partial charge in [0.15, 0.2) is 0 Å². The molecule has 0 unspecified atom stereocenters. The number of hydrogen-bond donors (Lipinski definition) is 0. The number of rotatable bonds is 8. The topological polar surface area (TPSA) is 32.6 Å². The Hall–Kier alpha value is -2.33. The fourth-order valence-electron chi connectivity index (χ4n) is 2.82. The zero-order valence-electron chi connectivity index (χ0n) is 14.5. The van der Waals surface area contributed by atoms with Gasteiger partial charge in [0.2, 0.25) is 0 Å². The molecule has 1 heterocycles. The molecule has 132 valence electrons. The number of aryl methyl sites for hydroxylation is 1. The van der Waals surface area contributed by atoms with Crippen LogP contribution in [0.2, 0.25) is 5.02 Å². The molecule has 0 fully saturated rings. The number of hydrogen-bond acceptors (Lipinski definition) is 3. The summed E-state index contributed by atoms with van der Waals surface area (Å²) >= 11 is 5.87. The second-order valence-electron chi connectivity index (χ2n) is 5.78. The van der Waals surface area contributed by atoms with Crippen LogP contribution in [0.15, 0.2) is 48.7 Å². The van der Waals surface area contributed by atoms with E-state index in [1.54, 1.807) is 14.2 Å². The summed E-state index contributed by atoms with van der Waals surface area (Å²) in [6.45, 7) is 1.61. The molecule has 5 heteroatoms. The van der Waals surface area contributed by atoms with Crippen LogP contribution in [0.4, 0.5) is 0 Å². The van der Waals surface area contributed by atoms with Gasteiger partial charge in [0.25, 0.3) is 0 Å². The van der Waals surface area contributed by atoms with E-state index in [1.165, 1.54) is 0 Å². The first kappa shape index (κ1) is 17.5. The van der Waals surface area contributed by atoms with Gasteiger partial charge in [-0.15, -0.1) is 0 Å². The maximum Gasteiger partial charge on any atom is 0.131 e. The number of aromatic nitrogens is 1. The number of unbranched alkanes of at least 4 members (excludes halogenated alkanes) is 1. The van der Waals surface area contributed by atoms with Gasteiger partial charge in [-0.05, 0) is 43.2 Å². The summed E-state index contributed by atoms with van der Waals surface area (Å²) < 4.78 is 18.8. The van der Waals surface area contributed by atoms with E-state index in [4.69, 9.17) is 25.8 Å². The van der Waals surface area contributed by atoms with Crippen LogP contribution in [0.1, 0.15) is 12.8 Å². The highest BCUT2D eigenvalue weighted by atomic mass is 35.5. The van der Waals surface area contributed by atoms with Crippen molar-refractivity contribution in [1.82, 2.24) is 4.57 Å². The molecule has 3 rings (SSSR count). The smallest absolute Gasteiger partial charge is 0.131 e. The molecule has 0 aliphatic heterocycles. The lowest BCUT2D eigenvalue weighted by atomic mass is 10.2. The Kier molecular flexibility index (Phi) is 5.71. The van der Waals surface area contributed by atoms with Gasteiger partial charge < -0.3 is 18.8 Å². The predicted octanol–water partition coefficient (Wildman–Crippen LogP) is 5.17. The van der Waals surface area contributed by atoms with Crippen LogP contribution in [-0.4, -0.2) is 25.4 Å². The quantitative estimate of drug-likeness (QED) is 0.520. The van der Waals surface area contributed by atoms with Crippen LogP contribution in [-0.2, 0) is 6.54 Å². The summed E-state index contributed by atoms with van der Waals surface area (Å²) in [6, 6.07) is 13.5. The molecule has 0 saturated carbocycles. The molecule has 1 aromatic heterocycles. The molecule has 0 N–H and O–H groups in total. The number of halogens is 1. The number of fused-ring (bicyclic) bond motifs is 1. The van der Waals surface area contributed by atoms with E-state index in [2.05, 4.69) is 16.8 Å². The third-order valence-corrected chi connectivity index (χ3v) is 4.41. The number of nitrogens with zero attached hydrogens (tertiary/aromatic N) is 1. The zero-order valence-corrected chi connectivity index (χ0v) is 15.3. The number of methoxy groups -OCH3 is 2. The minimum absolute atomic E-state index is 0.688. The van der Waals surface area contributed by atoms with Crippen molar-refractivity contribution in [3.05, 3.63) is 53.7 Å². The molecular weight excluding hydrogens is 338 g/mol. The molecular formula is C20H22ClNO3. The van der Waals surface area contributed by atoms with Crippen LogP contribution in [0.5, 0.6) is 17.2 Å². The molecule has 3 aromatic rings. The van der Waals surface area contributed by atoms with Crippen molar-refractivity contribution in [3.8, 4) is 17.2 Å². The first-order valence-electron chi connectivity index (χ1n) is 8.30. The molecule has 2 aromatic carbocycles. The summed E-state index contributed by atoms with van der Waals surface area (Å²) in [5.74, 6) is 2.49. The van der Waals surface area contributed by atoms with Crippen molar-refractivity contribution in [2.24, 2.45) is 0 Å². The first-order chi connectivity index (χ1) is 12.2. The average Bonchev–Trinajstić information content (AvgIpc) is 3.05. The molecule has 0 atom stereocenters. The van der Waals surface area contributed by atoms with Crippen molar-refractivity contribution >= 4 is 22.5 Å². The molecule has 0 saturated heterocycles. The van der Waals surface area contributed by atoms with E-state index >= 15 is 0 Å². The number of ether oxygens (including phenoxy) is 3. The molecule has 25 heavy (non-hydrogen) atoms. The maximum atomic E-state index is 5.87. The average molecular weight is 360 g/mol. The van der Waals surface area contributed by atoms with E-state index in [9.17, 15) is 0 Å². The van der Waals surface area contributed by atoms with Crippen LogP contribution in [0.25, 0.3) is 10.9 Å². The second-order valence-corrected chi connectivity index (χ2v) is 6.22. The van der Waals surface area contributed by atoms with Gasteiger partial charge in [-0.2, -0.15) is 0 Å². The molecule has 0 radical (unpaired) electrons. The Balaban J connectivity index is 1.57. The Bertz CT molecular complexity index is 827. The van der Waals surface area contributed by atoms with Crippen LogP contribution >= 0.6 is 11.6 Å². The lowest BCUT2D eigenvalue weighted by molar-refractivity contribution is 0.303. The van der Waals surface area contributed by atoms with Crippen molar-refractivity contribution in [2.45, 2.75) is 19.4 Å². The minimum Gasteiger partial charge on any atom is -0.497 e. The summed E-state index contributed by atoms with van der Waals surface area (Å²) in [4.78, 5) is 0. The minimum atomic E-state index is 0.688. The van der Waals surface area contributed by atoms with Gasteiger partial charge in [0.1, 0.15) is 17.2 Å². The monoisotopic (exact) mass is 359 g/mol. The van der Waals surface area contributed by atoms with E-state index in [0.29, 0.717) is 6.61 Å². The van der Waals surface area contributed by atoms with E-state index < -0.39 is 0 Å². The van der Waals surface area contributed by atoms with Gasteiger partial charge >= 0.3 is 0 Å². The van der Waals surface area contributed by atoms with Gasteiger partial charge in [-0.25, -0.2) is 0 Å². The number of benzene rings is 2. The molecule has 0 bridgehead atoms. The van der Waals surface area contributed by atoms with E-state index in [-0.39, 0.29) is 0 Å². The van der Waals surface area contributed by atoms with Crippen molar-refractivity contribution in [1.29, 1.82) is 0 Å². The lowest BCUT2D eigenvalue weighted by Crippen LogP contribution is -2.01. The van der Waals surface area contributed by atoms with Crippen molar-refractivity contribution < 1.29 is 14.2 Å². The van der Waals surface area contributed by atoms with Crippen molar-refractivity contribution in [3.63, 3.8) is 0 Å². The Morgan fingerprint density at radius 1 is 0.920 bits per heavy atom. The normalized spacial score (nSPS) is 10.8. The van der Waals surface area contributed by atoms with Crippen molar-refractivity contribution in [2.75, 3.05) is 20.8 Å². The SMILES string of the molecule is COc1cc(OC)c2ccn(CCCCOc3ccc(Cl)cc3)c2c1. The third kappa shape index (κ3) is 4.20. The summed E-state index contributed by atoms with van der Waals surface area (Å²) in [5.41, 5.74) is 1.12. The Labute approximate surface area is 152 Å². The first-order valence-corrected chi connectivity index (χ1v) is 8.68. The van der Waals surface area contributed by atoms with E-state index in [0.717, 1.165) is 52.6 Å². The zero-order chi connectivity index (χ0) is 17.6. The van der Waals surface area contributed by atoms with Crippen LogP contribution in [0.3, 0.4) is 0 Å². The summed E-state index contributed by atoms with van der Waals surface area (Å²) in [7, 11) is 3.35. The maximum absolute atomic E-state index is 5.87. The Morgan fingerprint density at radius 2 is 1.72 bits per heavy atom. The van der Waals surface area contributed by atoms with Crippen LogP contribution < -0.4 is 14.2 Å². The second kappa shape index (κ2) is 8.17. The molecule has 0 spiro atoms. The van der Waals surface area contributed by atoms with Crippen LogP contribution in [0, 0.1) is 0 Å². The standard InChI is InChI=1S/C20H22ClNO3/c1-23-17-13-19-18(20(14-17)24-2)9-11-22(19)10-3-4-12-25-16-7-5-15(21)6-8-16/h5-9,11,13-14H,3-4,10,12H2,1-2H3. The molecule has 4 nitrogen and oxygen atoms in total. The summed E-state index contributed by atoms with van der Waals surface area (Å²) in [6.07, 6.45) is 4.09. The highest BCUT2D eigenvalue weighted by Gasteiger charge is 2.09. The highest BCUT2D eigenvalue weighted by Crippen LogP contribution is 2.32. The fraction of sp³-hybridized carbons (Fsp3) is 0.300.